The fourth-order valence-electron chi connectivity index (χ4n) is 3.53. The van der Waals surface area contributed by atoms with Crippen molar-refractivity contribution >= 4 is 23.3 Å². The quantitative estimate of drug-likeness (QED) is 0.281. The van der Waals surface area contributed by atoms with Crippen LogP contribution in [0, 0.1) is 6.92 Å². The molecule has 1 atom stereocenters. The lowest BCUT2D eigenvalue weighted by atomic mass is 9.95. The Kier molecular flexibility index (Phi) is 5.41. The van der Waals surface area contributed by atoms with Crippen molar-refractivity contribution in [3.63, 3.8) is 0 Å². The largest absolute Gasteiger partial charge is 0.507 e. The highest BCUT2D eigenvalue weighted by atomic mass is 16.5. The molecule has 1 amide bonds. The number of aryl methyl sites for hydroxylation is 1. The minimum atomic E-state index is -0.906. The van der Waals surface area contributed by atoms with Crippen molar-refractivity contribution in [1.82, 2.24) is 5.16 Å². The number of nitrogens with zero attached hydrogens (tertiary/aromatic N) is 2. The second-order valence-electron chi connectivity index (χ2n) is 7.00. The molecule has 0 spiro atoms. The number of amides is 1. The van der Waals surface area contributed by atoms with Crippen molar-refractivity contribution in [2.45, 2.75) is 13.0 Å². The van der Waals surface area contributed by atoms with E-state index in [1.165, 1.54) is 4.90 Å². The Morgan fingerprint density at radius 3 is 2.65 bits per heavy atom. The number of carbonyl (C=O) groups is 2. The number of aliphatic hydroxyl groups excluding tert-OH is 1. The molecule has 156 valence electrons. The Balaban J connectivity index is 1.91. The molecule has 0 saturated carbocycles. The second-order valence-corrected chi connectivity index (χ2v) is 7.00. The third kappa shape index (κ3) is 3.73. The van der Waals surface area contributed by atoms with Crippen LogP contribution in [-0.2, 0) is 9.59 Å². The van der Waals surface area contributed by atoms with E-state index in [2.05, 4.69) is 11.7 Å². The third-order valence-electron chi connectivity index (χ3n) is 4.90. The number of ether oxygens (including phenoxy) is 1. The Bertz CT molecular complexity index is 1180. The zero-order valence-electron chi connectivity index (χ0n) is 16.8. The zero-order chi connectivity index (χ0) is 22.0. The average Bonchev–Trinajstić information content (AvgIpc) is 3.33. The van der Waals surface area contributed by atoms with E-state index in [4.69, 9.17) is 9.26 Å². The van der Waals surface area contributed by atoms with Gasteiger partial charge in [0.15, 0.2) is 5.82 Å². The molecule has 0 aliphatic carbocycles. The molecule has 1 saturated heterocycles. The van der Waals surface area contributed by atoms with E-state index in [-0.39, 0.29) is 17.2 Å². The maximum Gasteiger partial charge on any atom is 0.301 e. The smallest absolute Gasteiger partial charge is 0.301 e. The van der Waals surface area contributed by atoms with Crippen molar-refractivity contribution in [2.24, 2.45) is 0 Å². The number of aliphatic hydroxyl groups is 1. The molecule has 3 aromatic rings. The number of Topliss-reactive ketones (excluding diaryl/α,β-unsaturated/α-hetero) is 1. The van der Waals surface area contributed by atoms with E-state index in [0.717, 1.165) is 0 Å². The summed E-state index contributed by atoms with van der Waals surface area (Å²) in [7, 11) is 0. The van der Waals surface area contributed by atoms with Gasteiger partial charge >= 0.3 is 5.91 Å². The molecule has 0 radical (unpaired) electrons. The molecule has 7 nitrogen and oxygen atoms in total. The third-order valence-corrected chi connectivity index (χ3v) is 4.90. The predicted molar refractivity (Wildman–Crippen MR) is 115 cm³/mol. The number of hydrogen-bond donors (Lipinski definition) is 1. The van der Waals surface area contributed by atoms with E-state index in [0.29, 0.717) is 29.2 Å². The minimum absolute atomic E-state index is 0.0299. The van der Waals surface area contributed by atoms with Crippen molar-refractivity contribution in [3.05, 3.63) is 95.8 Å². The van der Waals surface area contributed by atoms with Gasteiger partial charge in [-0.1, -0.05) is 60.3 Å². The van der Waals surface area contributed by atoms with Crippen molar-refractivity contribution in [3.8, 4) is 5.75 Å². The zero-order valence-corrected chi connectivity index (χ0v) is 16.8. The fourth-order valence-corrected chi connectivity index (χ4v) is 3.53. The molecule has 1 aromatic heterocycles. The molecule has 1 aliphatic rings. The van der Waals surface area contributed by atoms with E-state index < -0.39 is 17.7 Å². The summed E-state index contributed by atoms with van der Waals surface area (Å²) in [5.74, 6) is -0.642. The molecule has 2 aromatic carbocycles. The van der Waals surface area contributed by atoms with E-state index in [1.54, 1.807) is 73.7 Å². The number of carbonyl (C=O) groups excluding carboxylic acids is 2. The van der Waals surface area contributed by atoms with Crippen LogP contribution in [-0.4, -0.2) is 28.6 Å². The lowest BCUT2D eigenvalue weighted by Gasteiger charge is -2.23. The highest BCUT2D eigenvalue weighted by Crippen LogP contribution is 2.42. The van der Waals surface area contributed by atoms with Gasteiger partial charge < -0.3 is 14.4 Å². The van der Waals surface area contributed by atoms with Gasteiger partial charge in [-0.25, -0.2) is 0 Å². The molecule has 0 bridgehead atoms. The molecular formula is C24H20N2O5. The minimum Gasteiger partial charge on any atom is -0.507 e. The Morgan fingerprint density at radius 1 is 1.19 bits per heavy atom. The van der Waals surface area contributed by atoms with Gasteiger partial charge in [-0.05, 0) is 24.6 Å². The van der Waals surface area contributed by atoms with Crippen LogP contribution in [0.3, 0.4) is 0 Å². The van der Waals surface area contributed by atoms with Crippen LogP contribution < -0.4 is 9.64 Å². The van der Waals surface area contributed by atoms with Crippen LogP contribution in [0.1, 0.15) is 22.9 Å². The molecule has 7 heteroatoms. The highest BCUT2D eigenvalue weighted by molar-refractivity contribution is 6.51. The Morgan fingerprint density at radius 2 is 1.97 bits per heavy atom. The number of rotatable bonds is 6. The van der Waals surface area contributed by atoms with Crippen LogP contribution in [0.5, 0.6) is 5.75 Å². The topological polar surface area (TPSA) is 92.9 Å². The van der Waals surface area contributed by atoms with Gasteiger partial charge in [0.25, 0.3) is 5.78 Å². The van der Waals surface area contributed by atoms with E-state index in [9.17, 15) is 14.7 Å². The normalized spacial score (nSPS) is 17.7. The number of benzene rings is 2. The first-order valence-corrected chi connectivity index (χ1v) is 9.64. The van der Waals surface area contributed by atoms with Gasteiger partial charge in [0.1, 0.15) is 23.9 Å². The van der Waals surface area contributed by atoms with Crippen LogP contribution in [0.25, 0.3) is 5.76 Å². The standard InChI is InChI=1S/C24H20N2O5/c1-3-12-30-18-11-7-10-17(14-18)21-20(22(27)16-8-5-4-6-9-16)23(28)24(29)26(21)19-13-15(2)31-25-19/h3-11,13-14,21,27H,1,12H2,2H3/t21-/m0/s1. The van der Waals surface area contributed by atoms with Gasteiger partial charge in [0.2, 0.25) is 0 Å². The summed E-state index contributed by atoms with van der Waals surface area (Å²) in [6.45, 7) is 5.63. The second kappa shape index (κ2) is 8.31. The lowest BCUT2D eigenvalue weighted by molar-refractivity contribution is -0.132. The van der Waals surface area contributed by atoms with Crippen LogP contribution >= 0.6 is 0 Å². The van der Waals surface area contributed by atoms with E-state index in [1.807, 2.05) is 0 Å². The number of hydrogen-bond acceptors (Lipinski definition) is 6. The first-order chi connectivity index (χ1) is 15.0. The average molecular weight is 416 g/mol. The lowest BCUT2D eigenvalue weighted by Crippen LogP contribution is -2.29. The number of anilines is 1. The maximum absolute atomic E-state index is 13.0. The SMILES string of the molecule is C=CCOc1cccc([C@H]2C(=C(O)c3ccccc3)C(=O)C(=O)N2c2cc(C)on2)c1. The summed E-state index contributed by atoms with van der Waals surface area (Å²) in [6, 6.07) is 16.3. The molecule has 31 heavy (non-hydrogen) atoms. The molecule has 0 unspecified atom stereocenters. The molecular weight excluding hydrogens is 396 g/mol. The molecule has 2 heterocycles. The fraction of sp³-hybridized carbons (Fsp3) is 0.125. The summed E-state index contributed by atoms with van der Waals surface area (Å²) in [5, 5.41) is 14.9. The predicted octanol–water partition coefficient (Wildman–Crippen LogP) is 4.17. The van der Waals surface area contributed by atoms with Crippen LogP contribution in [0.4, 0.5) is 5.82 Å². The van der Waals surface area contributed by atoms with Crippen molar-refractivity contribution in [1.29, 1.82) is 0 Å². The van der Waals surface area contributed by atoms with Gasteiger partial charge in [-0.15, -0.1) is 0 Å². The summed E-state index contributed by atoms with van der Waals surface area (Å²) in [4.78, 5) is 27.3. The highest BCUT2D eigenvalue weighted by Gasteiger charge is 2.48. The van der Waals surface area contributed by atoms with Crippen LogP contribution in [0.15, 0.2) is 83.4 Å². The van der Waals surface area contributed by atoms with Crippen molar-refractivity contribution < 1.29 is 24.0 Å². The summed E-state index contributed by atoms with van der Waals surface area (Å²) in [6.07, 6.45) is 1.62. The summed E-state index contributed by atoms with van der Waals surface area (Å²) >= 11 is 0. The van der Waals surface area contributed by atoms with E-state index >= 15 is 0 Å². The first kappa shape index (κ1) is 20.2. The van der Waals surface area contributed by atoms with Gasteiger partial charge in [-0.3, -0.25) is 14.5 Å². The van der Waals surface area contributed by atoms with Crippen molar-refractivity contribution in [2.75, 3.05) is 11.5 Å². The molecule has 1 aliphatic heterocycles. The van der Waals surface area contributed by atoms with Crippen LogP contribution in [0.2, 0.25) is 0 Å². The Labute approximate surface area is 178 Å². The van der Waals surface area contributed by atoms with Gasteiger partial charge in [0.05, 0.1) is 11.6 Å². The van der Waals surface area contributed by atoms with Gasteiger partial charge in [0, 0.05) is 11.6 Å². The Hall–Kier alpha value is -4.13. The monoisotopic (exact) mass is 416 g/mol. The first-order valence-electron chi connectivity index (χ1n) is 9.64. The molecule has 1 N–H and O–H groups in total. The maximum atomic E-state index is 13.0. The molecule has 4 rings (SSSR count). The summed E-state index contributed by atoms with van der Waals surface area (Å²) in [5.41, 5.74) is 0.984. The number of ketones is 1. The van der Waals surface area contributed by atoms with Gasteiger partial charge in [-0.2, -0.15) is 0 Å². The number of aromatic nitrogens is 1. The molecule has 1 fully saturated rings. The summed E-state index contributed by atoms with van der Waals surface area (Å²) < 4.78 is 10.7.